The van der Waals surface area contributed by atoms with Crippen LogP contribution in [0.1, 0.15) is 73.1 Å². The molecule has 0 fully saturated rings. The van der Waals surface area contributed by atoms with Crippen molar-refractivity contribution in [1.82, 2.24) is 10.2 Å². The van der Waals surface area contributed by atoms with Gasteiger partial charge in [0, 0.05) is 31.6 Å². The average Bonchev–Trinajstić information content (AvgIpc) is 3.46. The number of ether oxygens (including phenoxy) is 3. The van der Waals surface area contributed by atoms with E-state index in [9.17, 15) is 31.5 Å². The number of hydrogen-bond acceptors (Lipinski definition) is 7. The molecule has 0 aromatic heterocycles. The van der Waals surface area contributed by atoms with Gasteiger partial charge >= 0.3 is 5.97 Å². The molecule has 1 aliphatic heterocycles. The van der Waals surface area contributed by atoms with Gasteiger partial charge in [0.1, 0.15) is 17.8 Å². The number of esters is 1. The molecular weight excluding hydrogens is 583 g/mol. The lowest BCUT2D eigenvalue weighted by atomic mass is 9.94. The normalized spacial score (nSPS) is 17.0. The number of nitrogens with zero attached hydrogens (tertiary/aromatic N) is 1. The Morgan fingerprint density at radius 1 is 1.00 bits per heavy atom. The third kappa shape index (κ3) is 9.31. The number of amides is 1. The number of nitrogens with one attached hydrogen (secondary N) is 1. The van der Waals surface area contributed by atoms with Gasteiger partial charge in [-0.25, -0.2) is 18.0 Å². The molecule has 0 aliphatic carbocycles. The molecule has 238 valence electrons. The first-order chi connectivity index (χ1) is 19.9. The van der Waals surface area contributed by atoms with Crippen LogP contribution in [0.3, 0.4) is 0 Å². The third-order valence-corrected chi connectivity index (χ3v) is 8.25. The maximum atomic E-state index is 14.0. The maximum absolute atomic E-state index is 14.0. The highest BCUT2D eigenvalue weighted by molar-refractivity contribution is 8.03. The van der Waals surface area contributed by atoms with Crippen molar-refractivity contribution in [3.8, 4) is 5.75 Å². The van der Waals surface area contributed by atoms with Crippen molar-refractivity contribution in [3.63, 3.8) is 0 Å². The SMILES string of the molecule is CCCCCOCN(C(=O)C[C@@H](C)CC)[C@H](C[C@@H](OC)C1NC(C(=O)Oc2c(F)c(F)c(F)c(F)c2F)=CS1)C(C)C. The Kier molecular flexibility index (Phi) is 14.5. The summed E-state index contributed by atoms with van der Waals surface area (Å²) in [7, 11) is 1.47. The van der Waals surface area contributed by atoms with Gasteiger partial charge in [0.2, 0.25) is 40.7 Å². The monoisotopic (exact) mass is 624 g/mol. The highest BCUT2D eigenvalue weighted by atomic mass is 32.2. The van der Waals surface area contributed by atoms with E-state index in [4.69, 9.17) is 9.47 Å². The van der Waals surface area contributed by atoms with Gasteiger partial charge in [0.05, 0.1) is 6.10 Å². The Morgan fingerprint density at radius 2 is 1.62 bits per heavy atom. The van der Waals surface area contributed by atoms with Crippen molar-refractivity contribution in [2.75, 3.05) is 20.4 Å². The summed E-state index contributed by atoms with van der Waals surface area (Å²) in [5.41, 5.74) is -0.249. The van der Waals surface area contributed by atoms with Crippen molar-refractivity contribution in [2.24, 2.45) is 11.8 Å². The van der Waals surface area contributed by atoms with E-state index in [1.54, 1.807) is 4.90 Å². The van der Waals surface area contributed by atoms with Gasteiger partial charge in [-0.3, -0.25) is 4.79 Å². The van der Waals surface area contributed by atoms with Gasteiger partial charge in [-0.15, -0.1) is 11.8 Å². The van der Waals surface area contributed by atoms with Crippen LogP contribution in [0, 0.1) is 40.9 Å². The predicted octanol–water partition coefficient (Wildman–Crippen LogP) is 6.65. The molecule has 1 aromatic rings. The molecule has 7 nitrogen and oxygen atoms in total. The molecule has 1 heterocycles. The molecule has 1 N–H and O–H groups in total. The number of unbranched alkanes of at least 4 members (excludes halogenated alkanes) is 2. The minimum absolute atomic E-state index is 0.0146. The second-order valence-electron chi connectivity index (χ2n) is 10.7. The molecule has 0 radical (unpaired) electrons. The number of rotatable bonds is 17. The smallest absolute Gasteiger partial charge is 0.360 e. The van der Waals surface area contributed by atoms with Gasteiger partial charge in [0.25, 0.3) is 0 Å². The van der Waals surface area contributed by atoms with E-state index in [1.807, 2.05) is 27.7 Å². The predicted molar refractivity (Wildman–Crippen MR) is 150 cm³/mol. The lowest BCUT2D eigenvalue weighted by Crippen LogP contribution is -2.49. The Bertz CT molecular complexity index is 1080. The second-order valence-corrected chi connectivity index (χ2v) is 11.7. The van der Waals surface area contributed by atoms with Gasteiger partial charge in [0.15, 0.2) is 0 Å². The summed E-state index contributed by atoms with van der Waals surface area (Å²) < 4.78 is 84.6. The molecule has 1 amide bonds. The molecular formula is C29H41F5N2O5S. The van der Waals surface area contributed by atoms with Crippen LogP contribution in [0.5, 0.6) is 5.75 Å². The summed E-state index contributed by atoms with van der Waals surface area (Å²) in [6.45, 7) is 10.7. The highest BCUT2D eigenvalue weighted by Crippen LogP contribution is 2.33. The molecule has 2 rings (SSSR count). The summed E-state index contributed by atoms with van der Waals surface area (Å²) in [6.07, 6.45) is 3.96. The summed E-state index contributed by atoms with van der Waals surface area (Å²) >= 11 is 1.12. The molecule has 1 aliphatic rings. The van der Waals surface area contributed by atoms with E-state index >= 15 is 0 Å². The van der Waals surface area contributed by atoms with E-state index < -0.39 is 52.3 Å². The first-order valence-corrected chi connectivity index (χ1v) is 15.1. The molecule has 0 bridgehead atoms. The molecule has 4 atom stereocenters. The largest absolute Gasteiger partial charge is 0.415 e. The highest BCUT2D eigenvalue weighted by Gasteiger charge is 2.36. The standard InChI is InChI=1S/C29H41F5N2O5S/c1-7-9-10-11-40-15-36(21(37)12-17(5)8-2)19(16(3)4)13-20(39-6)28-35-18(14-42-28)29(38)41-27-25(33)23(31)22(30)24(32)26(27)34/h14,16-17,19-20,28,35H,7-13,15H2,1-6H3/t17-,19+,20+,28?/m0/s1. The fourth-order valence-corrected chi connectivity index (χ4v) is 5.38. The minimum atomic E-state index is -2.36. The summed E-state index contributed by atoms with van der Waals surface area (Å²) in [4.78, 5) is 27.7. The van der Waals surface area contributed by atoms with E-state index in [2.05, 4.69) is 17.0 Å². The Hall–Kier alpha value is -2.38. The maximum Gasteiger partial charge on any atom is 0.360 e. The summed E-state index contributed by atoms with van der Waals surface area (Å²) in [5, 5.41) is 3.59. The Labute approximate surface area is 248 Å². The van der Waals surface area contributed by atoms with Crippen LogP contribution in [-0.4, -0.2) is 54.7 Å². The minimum Gasteiger partial charge on any atom is -0.415 e. The molecule has 0 saturated carbocycles. The van der Waals surface area contributed by atoms with Gasteiger partial charge in [-0.1, -0.05) is 53.9 Å². The number of thioether (sulfide) groups is 1. The van der Waals surface area contributed by atoms with E-state index in [-0.39, 0.29) is 36.2 Å². The lowest BCUT2D eigenvalue weighted by molar-refractivity contribution is -0.144. The van der Waals surface area contributed by atoms with Gasteiger partial charge in [-0.2, -0.15) is 8.78 Å². The van der Waals surface area contributed by atoms with Crippen molar-refractivity contribution in [2.45, 2.75) is 90.7 Å². The number of benzene rings is 1. The zero-order valence-corrected chi connectivity index (χ0v) is 25.7. The molecule has 0 spiro atoms. The van der Waals surface area contributed by atoms with Crippen molar-refractivity contribution >= 4 is 23.6 Å². The van der Waals surface area contributed by atoms with Crippen LogP contribution < -0.4 is 10.1 Å². The molecule has 1 unspecified atom stereocenters. The number of halogens is 5. The zero-order valence-electron chi connectivity index (χ0n) is 24.9. The van der Waals surface area contributed by atoms with Crippen LogP contribution in [0.2, 0.25) is 0 Å². The average molecular weight is 625 g/mol. The third-order valence-electron chi connectivity index (χ3n) is 7.16. The Balaban J connectivity index is 2.16. The first-order valence-electron chi connectivity index (χ1n) is 14.1. The fourth-order valence-electron chi connectivity index (χ4n) is 4.34. The van der Waals surface area contributed by atoms with E-state index in [1.165, 1.54) is 12.5 Å². The number of methoxy groups -OCH3 is 1. The number of hydrogen-bond donors (Lipinski definition) is 1. The number of carbonyl (C=O) groups excluding carboxylic acids is 2. The number of carbonyl (C=O) groups is 2. The van der Waals surface area contributed by atoms with E-state index in [0.717, 1.165) is 37.4 Å². The lowest BCUT2D eigenvalue weighted by Gasteiger charge is -2.38. The molecule has 1 aromatic carbocycles. The van der Waals surface area contributed by atoms with Crippen molar-refractivity contribution < 1.29 is 45.8 Å². The van der Waals surface area contributed by atoms with Crippen LogP contribution in [0.4, 0.5) is 22.0 Å². The van der Waals surface area contributed by atoms with E-state index in [0.29, 0.717) is 19.4 Å². The molecule has 13 heteroatoms. The quantitative estimate of drug-likeness (QED) is 0.0396. The fraction of sp³-hybridized carbons (Fsp3) is 0.655. The Morgan fingerprint density at radius 3 is 2.17 bits per heavy atom. The van der Waals surface area contributed by atoms with Gasteiger partial charge in [-0.05, 0) is 24.7 Å². The van der Waals surface area contributed by atoms with Gasteiger partial charge < -0.3 is 24.4 Å². The van der Waals surface area contributed by atoms with Crippen molar-refractivity contribution in [3.05, 3.63) is 40.2 Å². The van der Waals surface area contributed by atoms with Crippen LogP contribution in [-0.2, 0) is 19.1 Å². The van der Waals surface area contributed by atoms with Crippen LogP contribution in [0.15, 0.2) is 11.1 Å². The molecule has 42 heavy (non-hydrogen) atoms. The second kappa shape index (κ2) is 17.0. The van der Waals surface area contributed by atoms with Crippen LogP contribution >= 0.6 is 11.8 Å². The summed E-state index contributed by atoms with van der Waals surface area (Å²) in [6, 6.07) is -0.288. The van der Waals surface area contributed by atoms with Crippen molar-refractivity contribution in [1.29, 1.82) is 0 Å². The first kappa shape index (κ1) is 35.8. The zero-order chi connectivity index (χ0) is 31.6. The molecule has 0 saturated heterocycles. The topological polar surface area (TPSA) is 77.1 Å². The summed E-state index contributed by atoms with van der Waals surface area (Å²) in [5.74, 6) is -14.2. The van der Waals surface area contributed by atoms with Crippen LogP contribution in [0.25, 0.3) is 0 Å².